The number of esters is 1. The molecule has 5 aliphatic rings. The van der Waals surface area contributed by atoms with Gasteiger partial charge in [-0.15, -0.1) is 0 Å². The molecule has 12 heteroatoms. The van der Waals surface area contributed by atoms with Gasteiger partial charge < -0.3 is 24.8 Å². The van der Waals surface area contributed by atoms with Gasteiger partial charge in [-0.2, -0.15) is 4.31 Å². The molecule has 2 N–H and O–H groups in total. The van der Waals surface area contributed by atoms with E-state index in [4.69, 9.17) is 14.2 Å². The molecule has 2 atom stereocenters. The summed E-state index contributed by atoms with van der Waals surface area (Å²) in [5.74, 6) is -0.187. The predicted octanol–water partition coefficient (Wildman–Crippen LogP) is 1.67. The van der Waals surface area contributed by atoms with E-state index < -0.39 is 33.9 Å². The molecule has 5 fully saturated rings. The van der Waals surface area contributed by atoms with Gasteiger partial charge in [-0.25, -0.2) is 8.42 Å². The van der Waals surface area contributed by atoms with Crippen molar-refractivity contribution in [1.29, 1.82) is 0 Å². The summed E-state index contributed by atoms with van der Waals surface area (Å²) in [5, 5.41) is 5.75. The van der Waals surface area contributed by atoms with Gasteiger partial charge >= 0.3 is 5.97 Å². The summed E-state index contributed by atoms with van der Waals surface area (Å²) >= 11 is 0. The van der Waals surface area contributed by atoms with Crippen molar-refractivity contribution < 1.29 is 37.0 Å². The van der Waals surface area contributed by atoms with Gasteiger partial charge in [0.05, 0.1) is 25.7 Å². The SMILES string of the molecule is COc1ccc(NC(=O)COC(=O)C23C[C@H]4C[C@@H](CC(NC(C)=O)(C4)C2)C3)cc1S(=O)(=O)N1CCOCC1. The van der Waals surface area contributed by atoms with Gasteiger partial charge in [0.1, 0.15) is 10.6 Å². The number of morpholine rings is 1. The van der Waals surface area contributed by atoms with Gasteiger partial charge in [-0.05, 0) is 68.6 Å². The van der Waals surface area contributed by atoms with E-state index in [1.165, 1.54) is 36.5 Å². The van der Waals surface area contributed by atoms with E-state index in [-0.39, 0.29) is 40.9 Å². The number of ether oxygens (including phenoxy) is 3. The van der Waals surface area contributed by atoms with Gasteiger partial charge in [0, 0.05) is 31.2 Å². The first-order valence-corrected chi connectivity index (χ1v) is 14.5. The zero-order valence-corrected chi connectivity index (χ0v) is 22.6. The highest BCUT2D eigenvalue weighted by Crippen LogP contribution is 2.62. The number of carbonyl (C=O) groups is 3. The van der Waals surface area contributed by atoms with E-state index in [0.29, 0.717) is 44.3 Å². The van der Waals surface area contributed by atoms with E-state index in [1.54, 1.807) is 0 Å². The van der Waals surface area contributed by atoms with Gasteiger partial charge in [0.15, 0.2) is 6.61 Å². The molecule has 4 bridgehead atoms. The van der Waals surface area contributed by atoms with E-state index in [2.05, 4.69) is 10.6 Å². The summed E-state index contributed by atoms with van der Waals surface area (Å²) in [4.78, 5) is 37.8. The number of benzene rings is 1. The second-order valence-corrected chi connectivity index (χ2v) is 13.1. The number of rotatable bonds is 8. The maximum absolute atomic E-state index is 13.3. The Morgan fingerprint density at radius 2 is 1.79 bits per heavy atom. The van der Waals surface area contributed by atoms with Crippen LogP contribution in [0, 0.1) is 17.3 Å². The lowest BCUT2D eigenvalue weighted by Gasteiger charge is -2.60. The molecule has 1 saturated heterocycles. The molecule has 0 aromatic heterocycles. The Morgan fingerprint density at radius 3 is 2.42 bits per heavy atom. The molecule has 208 valence electrons. The Hall–Kier alpha value is -2.70. The second kappa shape index (κ2) is 10.1. The maximum atomic E-state index is 13.3. The van der Waals surface area contributed by atoms with Crippen LogP contribution in [0.4, 0.5) is 5.69 Å². The monoisotopic (exact) mass is 549 g/mol. The van der Waals surface area contributed by atoms with Crippen molar-refractivity contribution in [3.63, 3.8) is 0 Å². The number of carbonyl (C=O) groups excluding carboxylic acids is 3. The van der Waals surface area contributed by atoms with E-state index >= 15 is 0 Å². The van der Waals surface area contributed by atoms with Crippen molar-refractivity contribution in [3.8, 4) is 5.75 Å². The van der Waals surface area contributed by atoms with Crippen LogP contribution in [0.15, 0.2) is 23.1 Å². The van der Waals surface area contributed by atoms with Crippen LogP contribution < -0.4 is 15.4 Å². The molecule has 4 aliphatic carbocycles. The summed E-state index contributed by atoms with van der Waals surface area (Å²) in [5.41, 5.74) is -0.812. The fraction of sp³-hybridized carbons (Fsp3) is 0.654. The molecule has 11 nitrogen and oxygen atoms in total. The largest absolute Gasteiger partial charge is 0.495 e. The van der Waals surface area contributed by atoms with Crippen LogP contribution in [0.1, 0.15) is 45.4 Å². The highest BCUT2D eigenvalue weighted by Gasteiger charge is 2.61. The molecule has 1 heterocycles. The number of hydrogen-bond donors (Lipinski definition) is 2. The Morgan fingerprint density at radius 1 is 1.11 bits per heavy atom. The van der Waals surface area contributed by atoms with Crippen LogP contribution in [-0.4, -0.2) is 76.1 Å². The number of nitrogens with one attached hydrogen (secondary N) is 2. The molecule has 1 aromatic carbocycles. The van der Waals surface area contributed by atoms with E-state index in [9.17, 15) is 22.8 Å². The summed E-state index contributed by atoms with van der Waals surface area (Å²) in [6, 6.07) is 4.36. The first kappa shape index (κ1) is 26.9. The molecule has 2 amide bonds. The predicted molar refractivity (Wildman–Crippen MR) is 136 cm³/mol. The Labute approximate surface area is 222 Å². The molecule has 6 rings (SSSR count). The Balaban J connectivity index is 1.24. The quantitative estimate of drug-likeness (QED) is 0.467. The standard InChI is InChI=1S/C26H35N3O8S/c1-17(30)28-26-13-18-9-19(14-26)12-25(11-18,16-26)24(32)37-15-23(31)27-20-3-4-21(35-2)22(10-20)38(33,34)29-5-7-36-8-6-29/h3-4,10,18-19H,5-9,11-16H2,1-2H3,(H,27,31)(H,28,30)/t18-,19-,25?,26?/m1/s1. The molecular formula is C26H35N3O8S. The lowest BCUT2D eigenvalue weighted by molar-refractivity contribution is -0.176. The lowest BCUT2D eigenvalue weighted by Crippen LogP contribution is -2.64. The average molecular weight is 550 g/mol. The van der Waals surface area contributed by atoms with Crippen molar-refractivity contribution in [2.45, 2.75) is 55.9 Å². The highest BCUT2D eigenvalue weighted by molar-refractivity contribution is 7.89. The van der Waals surface area contributed by atoms with Crippen molar-refractivity contribution >= 4 is 33.5 Å². The topological polar surface area (TPSA) is 140 Å². The van der Waals surface area contributed by atoms with Crippen LogP contribution in [0.3, 0.4) is 0 Å². The minimum absolute atomic E-state index is 0.0615. The van der Waals surface area contributed by atoms with Gasteiger partial charge in [0.2, 0.25) is 15.9 Å². The van der Waals surface area contributed by atoms with E-state index in [1.807, 2.05) is 0 Å². The molecule has 4 saturated carbocycles. The van der Waals surface area contributed by atoms with Gasteiger partial charge in [-0.1, -0.05) is 0 Å². The summed E-state index contributed by atoms with van der Waals surface area (Å²) < 4.78 is 43.8. The number of hydrogen-bond acceptors (Lipinski definition) is 8. The first-order valence-electron chi connectivity index (χ1n) is 13.1. The molecule has 38 heavy (non-hydrogen) atoms. The fourth-order valence-electron chi connectivity index (χ4n) is 7.38. The molecule has 1 aliphatic heterocycles. The zero-order chi connectivity index (χ0) is 27.1. The highest BCUT2D eigenvalue weighted by atomic mass is 32.2. The van der Waals surface area contributed by atoms with Gasteiger partial charge in [-0.3, -0.25) is 14.4 Å². The minimum atomic E-state index is -3.87. The van der Waals surface area contributed by atoms with Crippen LogP contribution in [0.5, 0.6) is 5.75 Å². The van der Waals surface area contributed by atoms with Gasteiger partial charge in [0.25, 0.3) is 5.91 Å². The summed E-state index contributed by atoms with van der Waals surface area (Å²) in [6.07, 6.45) is 4.79. The van der Waals surface area contributed by atoms with Crippen LogP contribution in [0.25, 0.3) is 0 Å². The third-order valence-corrected chi connectivity index (χ3v) is 10.2. The normalized spacial score (nSPS) is 30.5. The number of methoxy groups -OCH3 is 1. The zero-order valence-electron chi connectivity index (χ0n) is 21.8. The smallest absolute Gasteiger partial charge is 0.312 e. The number of amides is 2. The fourth-order valence-corrected chi connectivity index (χ4v) is 8.97. The van der Waals surface area contributed by atoms with Crippen molar-refractivity contribution in [3.05, 3.63) is 18.2 Å². The van der Waals surface area contributed by atoms with Crippen molar-refractivity contribution in [2.75, 3.05) is 45.3 Å². The Bertz CT molecular complexity index is 1210. The lowest BCUT2D eigenvalue weighted by atomic mass is 9.47. The minimum Gasteiger partial charge on any atom is -0.495 e. The third-order valence-electron chi connectivity index (χ3n) is 8.30. The summed E-state index contributed by atoms with van der Waals surface area (Å²) in [7, 11) is -2.49. The first-order chi connectivity index (χ1) is 18.0. The van der Waals surface area contributed by atoms with Crippen LogP contribution in [0.2, 0.25) is 0 Å². The van der Waals surface area contributed by atoms with Crippen molar-refractivity contribution in [2.24, 2.45) is 17.3 Å². The van der Waals surface area contributed by atoms with E-state index in [0.717, 1.165) is 19.3 Å². The molecule has 0 radical (unpaired) electrons. The van der Waals surface area contributed by atoms with Crippen LogP contribution >= 0.6 is 0 Å². The molecule has 0 unspecified atom stereocenters. The number of sulfonamides is 1. The second-order valence-electron chi connectivity index (χ2n) is 11.2. The molecular weight excluding hydrogens is 514 g/mol. The molecule has 1 aromatic rings. The number of anilines is 1. The maximum Gasteiger partial charge on any atom is 0.312 e. The average Bonchev–Trinajstić information content (AvgIpc) is 2.86. The van der Waals surface area contributed by atoms with Crippen LogP contribution in [-0.2, 0) is 33.9 Å². The number of nitrogens with zero attached hydrogens (tertiary/aromatic N) is 1. The van der Waals surface area contributed by atoms with Crippen molar-refractivity contribution in [1.82, 2.24) is 9.62 Å². The third kappa shape index (κ3) is 5.13. The summed E-state index contributed by atoms with van der Waals surface area (Å²) in [6.45, 7) is 2.08. The molecule has 0 spiro atoms. The Kier molecular flexibility index (Phi) is 7.16.